The van der Waals surface area contributed by atoms with Crippen LogP contribution in [0.5, 0.6) is 17.2 Å². The number of hydrogen-bond acceptors (Lipinski definition) is 11. The van der Waals surface area contributed by atoms with E-state index in [0.717, 1.165) is 5.56 Å². The van der Waals surface area contributed by atoms with E-state index in [1.165, 1.54) is 40.2 Å². The van der Waals surface area contributed by atoms with Crippen molar-refractivity contribution in [2.24, 2.45) is 5.92 Å². The Labute approximate surface area is 253 Å². The van der Waals surface area contributed by atoms with Gasteiger partial charge in [0.1, 0.15) is 23.7 Å². The first kappa shape index (κ1) is 29.3. The molecule has 1 N–H and O–H groups in total. The van der Waals surface area contributed by atoms with Gasteiger partial charge in [0.05, 0.1) is 14.2 Å². The van der Waals surface area contributed by atoms with Crippen LogP contribution in [0.4, 0.5) is 0 Å². The summed E-state index contributed by atoms with van der Waals surface area (Å²) in [7, 11) is 2.72. The molecule has 2 aliphatic heterocycles. The Kier molecular flexibility index (Phi) is 7.16. The van der Waals surface area contributed by atoms with Crippen LogP contribution in [0, 0.1) is 5.92 Å². The summed E-state index contributed by atoms with van der Waals surface area (Å²) in [5.74, 6) is -2.02. The van der Waals surface area contributed by atoms with Crippen LogP contribution in [-0.4, -0.2) is 62.2 Å². The summed E-state index contributed by atoms with van der Waals surface area (Å²) in [6.45, 7) is 4.01. The summed E-state index contributed by atoms with van der Waals surface area (Å²) in [4.78, 5) is 40.5. The van der Waals surface area contributed by atoms with Crippen LogP contribution in [0.25, 0.3) is 6.08 Å². The fraction of sp³-hybridized carbons (Fsp3) is 0.364. The van der Waals surface area contributed by atoms with E-state index < -0.39 is 46.9 Å². The average Bonchev–Trinajstić information content (AvgIpc) is 3.64. The number of ketones is 1. The molecule has 4 aliphatic rings. The lowest BCUT2D eigenvalue weighted by molar-refractivity contribution is -0.178. The Balaban J connectivity index is 1.61. The van der Waals surface area contributed by atoms with Gasteiger partial charge in [0.2, 0.25) is 24.1 Å². The van der Waals surface area contributed by atoms with E-state index in [2.05, 4.69) is 0 Å². The van der Waals surface area contributed by atoms with Gasteiger partial charge in [-0.1, -0.05) is 37.3 Å². The molecule has 6 rings (SSSR count). The normalized spacial score (nSPS) is 28.3. The number of fused-ring (bicyclic) bond motifs is 2. The van der Waals surface area contributed by atoms with Gasteiger partial charge in [0, 0.05) is 30.0 Å². The molecule has 0 radical (unpaired) electrons. The number of carbonyl (C=O) groups excluding carboxylic acids is 3. The standard InChI is InChI=1S/C33H32O11/c1-17-26(44-24(35)12-11-19-9-7-6-8-10-19)20-13-23-27(42-16-41-23)29-25(20)33(15-40-29)21(31(32(17,3)37)43-18(2)34)14-22(38-4)28(39-5)30(33)36/h6-14,17,26,31,37H,15-16H2,1-5H3/b12-11+/t17-,26+,31-,32-,33-/m1/s1. The van der Waals surface area contributed by atoms with Crippen LogP contribution in [0.2, 0.25) is 0 Å². The molecule has 11 nitrogen and oxygen atoms in total. The van der Waals surface area contributed by atoms with E-state index in [1.807, 2.05) is 30.3 Å². The highest BCUT2D eigenvalue weighted by Crippen LogP contribution is 2.62. The van der Waals surface area contributed by atoms with Crippen LogP contribution in [0.3, 0.4) is 0 Å². The van der Waals surface area contributed by atoms with Gasteiger partial charge in [-0.25, -0.2) is 4.79 Å². The number of aliphatic hydroxyl groups is 1. The van der Waals surface area contributed by atoms with E-state index in [-0.39, 0.29) is 42.0 Å². The van der Waals surface area contributed by atoms with Crippen molar-refractivity contribution in [3.63, 3.8) is 0 Å². The number of methoxy groups -OCH3 is 2. The lowest BCUT2D eigenvalue weighted by Gasteiger charge is -2.48. The number of ether oxygens (including phenoxy) is 7. The molecule has 230 valence electrons. The third-order valence-electron chi connectivity index (χ3n) is 8.77. The number of Topliss-reactive ketones (excluding diaryl/α,β-unsaturated/α-hetero) is 1. The van der Waals surface area contributed by atoms with E-state index in [9.17, 15) is 19.5 Å². The molecular weight excluding hydrogens is 572 g/mol. The van der Waals surface area contributed by atoms with Crippen molar-refractivity contribution in [1.29, 1.82) is 0 Å². The topological polar surface area (TPSA) is 136 Å². The van der Waals surface area contributed by atoms with Crippen LogP contribution < -0.4 is 14.2 Å². The highest BCUT2D eigenvalue weighted by molar-refractivity contribution is 6.09. The third kappa shape index (κ3) is 4.33. The van der Waals surface area contributed by atoms with Crippen molar-refractivity contribution in [2.45, 2.75) is 44.0 Å². The predicted octanol–water partition coefficient (Wildman–Crippen LogP) is 3.69. The van der Waals surface area contributed by atoms with Gasteiger partial charge in [-0.2, -0.15) is 0 Å². The molecular formula is C33H32O11. The van der Waals surface area contributed by atoms with Gasteiger partial charge >= 0.3 is 11.9 Å². The minimum atomic E-state index is -1.89. The zero-order valence-corrected chi connectivity index (χ0v) is 24.9. The first-order valence-corrected chi connectivity index (χ1v) is 14.1. The molecule has 2 heterocycles. The first-order valence-electron chi connectivity index (χ1n) is 14.1. The van der Waals surface area contributed by atoms with Gasteiger partial charge in [-0.05, 0) is 36.3 Å². The van der Waals surface area contributed by atoms with Crippen molar-refractivity contribution < 1.29 is 52.6 Å². The number of carbonyl (C=O) groups is 3. The number of esters is 2. The van der Waals surface area contributed by atoms with E-state index >= 15 is 0 Å². The zero-order chi connectivity index (χ0) is 31.4. The zero-order valence-electron chi connectivity index (χ0n) is 24.9. The minimum absolute atomic E-state index is 0.0871. The average molecular weight is 605 g/mol. The summed E-state index contributed by atoms with van der Waals surface area (Å²) in [6, 6.07) is 10.9. The SMILES string of the molecule is COC1=C(OC)C(=O)[C@@]23COc4c5c(cc(c42)[C@@H](OC(=O)/C=C/c2ccccc2)[C@@H](C)[C@@](C)(O)[C@H](OC(C)=O)C3=C1)OCO5. The highest BCUT2D eigenvalue weighted by Gasteiger charge is 2.64. The van der Waals surface area contributed by atoms with Crippen molar-refractivity contribution in [3.8, 4) is 17.2 Å². The summed E-state index contributed by atoms with van der Waals surface area (Å²) in [5, 5.41) is 12.3. The molecule has 0 saturated carbocycles. The van der Waals surface area contributed by atoms with Gasteiger partial charge in [-0.15, -0.1) is 0 Å². The molecule has 0 unspecified atom stereocenters. The molecule has 2 aromatic carbocycles. The number of benzene rings is 2. The third-order valence-corrected chi connectivity index (χ3v) is 8.77. The van der Waals surface area contributed by atoms with Gasteiger partial charge in [0.25, 0.3) is 0 Å². The maximum Gasteiger partial charge on any atom is 0.331 e. The second-order valence-electron chi connectivity index (χ2n) is 11.2. The van der Waals surface area contributed by atoms with E-state index in [1.54, 1.807) is 19.1 Å². The predicted molar refractivity (Wildman–Crippen MR) is 154 cm³/mol. The van der Waals surface area contributed by atoms with Crippen molar-refractivity contribution in [2.75, 3.05) is 27.6 Å². The maximum absolute atomic E-state index is 14.6. The number of allylic oxidation sites excluding steroid dienone is 2. The minimum Gasteiger partial charge on any atom is -0.493 e. The second-order valence-corrected chi connectivity index (χ2v) is 11.2. The monoisotopic (exact) mass is 604 g/mol. The molecule has 0 saturated heterocycles. The molecule has 0 bridgehead atoms. The Hall–Kier alpha value is -4.77. The first-order chi connectivity index (χ1) is 21.0. The van der Waals surface area contributed by atoms with Crippen molar-refractivity contribution >= 4 is 23.8 Å². The molecule has 2 aromatic rings. The van der Waals surface area contributed by atoms with Crippen LogP contribution in [0.15, 0.2) is 65.6 Å². The van der Waals surface area contributed by atoms with Gasteiger partial charge < -0.3 is 38.3 Å². The number of rotatable bonds is 6. The smallest absolute Gasteiger partial charge is 0.331 e. The van der Waals surface area contributed by atoms with E-state index in [4.69, 9.17) is 33.2 Å². The maximum atomic E-state index is 14.6. The quantitative estimate of drug-likeness (QED) is 0.382. The lowest BCUT2D eigenvalue weighted by Crippen LogP contribution is -2.58. The highest BCUT2D eigenvalue weighted by atomic mass is 16.7. The Morgan fingerprint density at radius 3 is 2.48 bits per heavy atom. The largest absolute Gasteiger partial charge is 0.493 e. The number of hydrogen-bond donors (Lipinski definition) is 1. The van der Waals surface area contributed by atoms with E-state index in [0.29, 0.717) is 16.9 Å². The fourth-order valence-corrected chi connectivity index (χ4v) is 6.44. The molecule has 1 spiro atoms. The van der Waals surface area contributed by atoms with Gasteiger partial charge in [0.15, 0.2) is 23.4 Å². The Morgan fingerprint density at radius 2 is 1.80 bits per heavy atom. The summed E-state index contributed by atoms with van der Waals surface area (Å²) >= 11 is 0. The molecule has 0 aromatic heterocycles. The Morgan fingerprint density at radius 1 is 1.05 bits per heavy atom. The fourth-order valence-electron chi connectivity index (χ4n) is 6.44. The summed E-state index contributed by atoms with van der Waals surface area (Å²) in [6.07, 6.45) is 1.88. The molecule has 0 amide bonds. The lowest BCUT2D eigenvalue weighted by atomic mass is 9.59. The molecule has 44 heavy (non-hydrogen) atoms. The van der Waals surface area contributed by atoms with Crippen LogP contribution >= 0.6 is 0 Å². The summed E-state index contributed by atoms with van der Waals surface area (Å²) in [5.41, 5.74) is -1.85. The van der Waals surface area contributed by atoms with Crippen LogP contribution in [-0.2, 0) is 38.7 Å². The molecule has 5 atom stereocenters. The van der Waals surface area contributed by atoms with Crippen molar-refractivity contribution in [1.82, 2.24) is 0 Å². The van der Waals surface area contributed by atoms with Gasteiger partial charge in [-0.3, -0.25) is 9.59 Å². The second kappa shape index (κ2) is 10.7. The Bertz CT molecular complexity index is 1630. The summed E-state index contributed by atoms with van der Waals surface area (Å²) < 4.78 is 40.6. The molecule has 2 aliphatic carbocycles. The molecule has 11 heteroatoms. The van der Waals surface area contributed by atoms with Crippen LogP contribution in [0.1, 0.15) is 43.6 Å². The molecule has 0 fully saturated rings. The van der Waals surface area contributed by atoms with Crippen molar-refractivity contribution in [3.05, 3.63) is 82.3 Å².